The molecule has 2 aromatic heterocycles. The molecule has 0 atom stereocenters. The van der Waals surface area contributed by atoms with Gasteiger partial charge in [-0.25, -0.2) is 9.97 Å². The lowest BCUT2D eigenvalue weighted by Gasteiger charge is -2.20. The summed E-state index contributed by atoms with van der Waals surface area (Å²) in [5.41, 5.74) is 0.419. The third-order valence-electron chi connectivity index (χ3n) is 4.89. The Morgan fingerprint density at radius 2 is 1.70 bits per heavy atom. The van der Waals surface area contributed by atoms with Gasteiger partial charge in [0, 0.05) is 17.3 Å². The lowest BCUT2D eigenvalue weighted by atomic mass is 9.98. The number of hydrogen-bond acceptors (Lipinski definition) is 6. The standard InChI is InChI=1S/C24H28F3N5O/c1-6-17-20(18-11-8-12-19(30-18)24(25,26)27)31-22(32-21(17)28-14(2)3)29-16-10-7-9-15(13-16)23(4,5)33/h7-14,33H,6H2,1-5H3,(H2,28,29,31,32). The molecule has 1 aromatic carbocycles. The van der Waals surface area contributed by atoms with E-state index in [0.29, 0.717) is 34.7 Å². The predicted molar refractivity (Wildman–Crippen MR) is 123 cm³/mol. The minimum absolute atomic E-state index is 0.0406. The van der Waals surface area contributed by atoms with Gasteiger partial charge in [-0.05, 0) is 63.9 Å². The van der Waals surface area contributed by atoms with Crippen molar-refractivity contribution in [2.45, 2.75) is 58.9 Å². The van der Waals surface area contributed by atoms with E-state index < -0.39 is 17.5 Å². The fourth-order valence-corrected chi connectivity index (χ4v) is 3.31. The summed E-state index contributed by atoms with van der Waals surface area (Å²) >= 11 is 0. The van der Waals surface area contributed by atoms with Gasteiger partial charge in [0.05, 0.1) is 17.0 Å². The van der Waals surface area contributed by atoms with Gasteiger partial charge in [-0.15, -0.1) is 0 Å². The van der Waals surface area contributed by atoms with Crippen LogP contribution in [0, 0.1) is 0 Å². The third kappa shape index (κ3) is 5.98. The highest BCUT2D eigenvalue weighted by atomic mass is 19.4. The maximum Gasteiger partial charge on any atom is 0.433 e. The van der Waals surface area contributed by atoms with Crippen LogP contribution in [0.4, 0.5) is 30.6 Å². The van der Waals surface area contributed by atoms with Crippen molar-refractivity contribution in [1.82, 2.24) is 15.0 Å². The van der Waals surface area contributed by atoms with Crippen molar-refractivity contribution in [1.29, 1.82) is 0 Å². The molecule has 0 radical (unpaired) electrons. The normalized spacial score (nSPS) is 12.2. The molecule has 0 fully saturated rings. The molecule has 9 heteroatoms. The molecule has 0 aliphatic heterocycles. The van der Waals surface area contributed by atoms with Crippen LogP contribution in [-0.4, -0.2) is 26.1 Å². The molecule has 3 N–H and O–H groups in total. The lowest BCUT2D eigenvalue weighted by Crippen LogP contribution is -2.17. The molecule has 0 bridgehead atoms. The summed E-state index contributed by atoms with van der Waals surface area (Å²) in [5.74, 6) is 0.732. The average Bonchev–Trinajstić information content (AvgIpc) is 2.72. The topological polar surface area (TPSA) is 83.0 Å². The molecule has 176 valence electrons. The minimum Gasteiger partial charge on any atom is -0.386 e. The maximum atomic E-state index is 13.3. The number of pyridine rings is 1. The Balaban J connectivity index is 2.13. The number of benzene rings is 1. The van der Waals surface area contributed by atoms with Gasteiger partial charge in [0.25, 0.3) is 0 Å². The molecule has 0 saturated heterocycles. The Morgan fingerprint density at radius 3 is 2.30 bits per heavy atom. The maximum absolute atomic E-state index is 13.3. The largest absolute Gasteiger partial charge is 0.433 e. The average molecular weight is 460 g/mol. The number of nitrogens with one attached hydrogen (secondary N) is 2. The second-order valence-corrected chi connectivity index (χ2v) is 8.55. The predicted octanol–water partition coefficient (Wildman–Crippen LogP) is 5.91. The number of alkyl halides is 3. The Bertz CT molecular complexity index is 1120. The van der Waals surface area contributed by atoms with Crippen LogP contribution in [0.25, 0.3) is 11.4 Å². The first kappa shape index (κ1) is 24.4. The Kier molecular flexibility index (Phi) is 6.92. The number of halogens is 3. The van der Waals surface area contributed by atoms with Crippen molar-refractivity contribution in [3.05, 3.63) is 59.3 Å². The van der Waals surface area contributed by atoms with E-state index in [1.54, 1.807) is 38.1 Å². The zero-order valence-corrected chi connectivity index (χ0v) is 19.2. The summed E-state index contributed by atoms with van der Waals surface area (Å²) in [6.07, 6.45) is -4.07. The number of aromatic nitrogens is 3. The fourth-order valence-electron chi connectivity index (χ4n) is 3.31. The van der Waals surface area contributed by atoms with Crippen molar-refractivity contribution in [2.24, 2.45) is 0 Å². The second kappa shape index (κ2) is 9.35. The molecule has 0 saturated carbocycles. The molecule has 3 rings (SSSR count). The molecule has 0 aliphatic rings. The molecule has 2 heterocycles. The number of anilines is 3. The Labute approximate surface area is 191 Å². The number of nitrogens with zero attached hydrogens (tertiary/aromatic N) is 3. The molecule has 0 spiro atoms. The zero-order valence-electron chi connectivity index (χ0n) is 19.2. The summed E-state index contributed by atoms with van der Waals surface area (Å²) in [5, 5.41) is 16.7. The quantitative estimate of drug-likeness (QED) is 0.407. The molecule has 6 nitrogen and oxygen atoms in total. The zero-order chi connectivity index (χ0) is 24.4. The van der Waals surface area contributed by atoms with Gasteiger partial charge >= 0.3 is 6.18 Å². The van der Waals surface area contributed by atoms with Crippen LogP contribution >= 0.6 is 0 Å². The van der Waals surface area contributed by atoms with E-state index in [-0.39, 0.29) is 17.7 Å². The van der Waals surface area contributed by atoms with E-state index >= 15 is 0 Å². The van der Waals surface area contributed by atoms with Crippen LogP contribution in [0.5, 0.6) is 0 Å². The summed E-state index contributed by atoms with van der Waals surface area (Å²) < 4.78 is 39.8. The first-order chi connectivity index (χ1) is 15.4. The molecule has 3 aromatic rings. The van der Waals surface area contributed by atoms with Crippen molar-refractivity contribution in [2.75, 3.05) is 10.6 Å². The van der Waals surface area contributed by atoms with Crippen molar-refractivity contribution < 1.29 is 18.3 Å². The highest BCUT2D eigenvalue weighted by Gasteiger charge is 2.33. The van der Waals surface area contributed by atoms with Crippen LogP contribution in [0.15, 0.2) is 42.5 Å². The molecule has 0 aliphatic carbocycles. The number of hydrogen-bond donors (Lipinski definition) is 3. The van der Waals surface area contributed by atoms with E-state index in [9.17, 15) is 18.3 Å². The lowest BCUT2D eigenvalue weighted by molar-refractivity contribution is -0.141. The highest BCUT2D eigenvalue weighted by molar-refractivity contribution is 5.69. The molecule has 33 heavy (non-hydrogen) atoms. The van der Waals surface area contributed by atoms with Gasteiger partial charge in [-0.2, -0.15) is 18.2 Å². The van der Waals surface area contributed by atoms with Crippen LogP contribution in [0.1, 0.15) is 51.4 Å². The van der Waals surface area contributed by atoms with Crippen LogP contribution < -0.4 is 10.6 Å². The van der Waals surface area contributed by atoms with Crippen LogP contribution in [0.2, 0.25) is 0 Å². The number of rotatable bonds is 7. The summed E-state index contributed by atoms with van der Waals surface area (Å²) in [6.45, 7) is 9.15. The summed E-state index contributed by atoms with van der Waals surface area (Å²) in [6, 6.07) is 11.0. The van der Waals surface area contributed by atoms with E-state index in [0.717, 1.165) is 6.07 Å². The van der Waals surface area contributed by atoms with Gasteiger partial charge in [0.2, 0.25) is 5.95 Å². The molecular weight excluding hydrogens is 431 g/mol. The fraction of sp³-hybridized carbons (Fsp3) is 0.375. The Morgan fingerprint density at radius 1 is 1.00 bits per heavy atom. The summed E-state index contributed by atoms with van der Waals surface area (Å²) in [7, 11) is 0. The van der Waals surface area contributed by atoms with E-state index in [2.05, 4.69) is 25.6 Å². The van der Waals surface area contributed by atoms with Crippen molar-refractivity contribution in [3.63, 3.8) is 0 Å². The van der Waals surface area contributed by atoms with Crippen molar-refractivity contribution in [3.8, 4) is 11.4 Å². The van der Waals surface area contributed by atoms with Gasteiger partial charge in [0.1, 0.15) is 11.5 Å². The highest BCUT2D eigenvalue weighted by Crippen LogP contribution is 2.33. The smallest absolute Gasteiger partial charge is 0.386 e. The first-order valence-corrected chi connectivity index (χ1v) is 10.7. The minimum atomic E-state index is -4.56. The Hall–Kier alpha value is -3.20. The molecule has 0 unspecified atom stereocenters. The molecular formula is C24H28F3N5O. The number of aliphatic hydroxyl groups is 1. The van der Waals surface area contributed by atoms with Crippen molar-refractivity contribution >= 4 is 17.5 Å². The van der Waals surface area contributed by atoms with Gasteiger partial charge in [0.15, 0.2) is 0 Å². The van der Waals surface area contributed by atoms with E-state index in [1.807, 2.05) is 20.8 Å². The van der Waals surface area contributed by atoms with E-state index in [1.165, 1.54) is 12.1 Å². The van der Waals surface area contributed by atoms with Crippen LogP contribution in [0.3, 0.4) is 0 Å². The van der Waals surface area contributed by atoms with Gasteiger partial charge < -0.3 is 15.7 Å². The summed E-state index contributed by atoms with van der Waals surface area (Å²) in [4.78, 5) is 13.0. The van der Waals surface area contributed by atoms with Gasteiger partial charge in [-0.1, -0.05) is 25.1 Å². The van der Waals surface area contributed by atoms with Crippen LogP contribution in [-0.2, 0) is 18.2 Å². The third-order valence-corrected chi connectivity index (χ3v) is 4.89. The second-order valence-electron chi connectivity index (χ2n) is 8.55. The monoisotopic (exact) mass is 459 g/mol. The van der Waals surface area contributed by atoms with Gasteiger partial charge in [-0.3, -0.25) is 0 Å². The van der Waals surface area contributed by atoms with E-state index in [4.69, 9.17) is 0 Å². The molecule has 0 amide bonds. The first-order valence-electron chi connectivity index (χ1n) is 10.7. The SMILES string of the molecule is CCc1c(NC(C)C)nc(Nc2cccc(C(C)(C)O)c2)nc1-c1cccc(C(F)(F)F)n1.